The van der Waals surface area contributed by atoms with Crippen LogP contribution in [0.15, 0.2) is 23.8 Å². The predicted molar refractivity (Wildman–Crippen MR) is 56.6 cm³/mol. The van der Waals surface area contributed by atoms with Gasteiger partial charge in [-0.3, -0.25) is 4.79 Å². The molecule has 14 heavy (non-hydrogen) atoms. The molecule has 0 aliphatic heterocycles. The summed E-state index contributed by atoms with van der Waals surface area (Å²) in [5.41, 5.74) is 6.51. The predicted octanol–water partition coefficient (Wildman–Crippen LogP) is 2.31. The molecule has 0 saturated heterocycles. The summed E-state index contributed by atoms with van der Waals surface area (Å²) in [5.74, 6) is -0.118. The highest BCUT2D eigenvalue weighted by atomic mass is 16.1. The Morgan fingerprint density at radius 1 is 1.29 bits per heavy atom. The highest BCUT2D eigenvalue weighted by Gasteiger charge is 2.40. The Bertz CT molecular complexity index is 295. The van der Waals surface area contributed by atoms with Gasteiger partial charge in [0.25, 0.3) is 0 Å². The first-order chi connectivity index (χ1) is 6.76. The second-order valence-electron chi connectivity index (χ2n) is 4.33. The molecule has 0 aromatic carbocycles. The van der Waals surface area contributed by atoms with Crippen LogP contribution in [0.4, 0.5) is 0 Å². The number of carbonyl (C=O) groups is 1. The Hall–Kier alpha value is -1.05. The topological polar surface area (TPSA) is 43.1 Å². The van der Waals surface area contributed by atoms with Crippen LogP contribution in [0.2, 0.25) is 0 Å². The number of hydrogen-bond donors (Lipinski definition) is 1. The standard InChI is InChI=1S/C12H17NO/c13-11(14)12(8-4-1-5-9-12)10-6-2-3-7-10/h2-3,6H,1,4-5,7-9H2,(H2,13,14). The third kappa shape index (κ3) is 1.39. The number of rotatable bonds is 2. The van der Waals surface area contributed by atoms with E-state index in [4.69, 9.17) is 5.73 Å². The van der Waals surface area contributed by atoms with Crippen molar-refractivity contribution in [2.75, 3.05) is 0 Å². The van der Waals surface area contributed by atoms with Crippen molar-refractivity contribution in [2.45, 2.75) is 38.5 Å². The lowest BCUT2D eigenvalue weighted by Gasteiger charge is -2.35. The molecule has 2 aliphatic carbocycles. The van der Waals surface area contributed by atoms with Gasteiger partial charge in [0.1, 0.15) is 0 Å². The molecular formula is C12H17NO. The molecule has 0 unspecified atom stereocenters. The molecule has 76 valence electrons. The van der Waals surface area contributed by atoms with E-state index in [9.17, 15) is 4.79 Å². The Morgan fingerprint density at radius 2 is 2.00 bits per heavy atom. The fourth-order valence-electron chi connectivity index (χ4n) is 2.68. The average Bonchev–Trinajstić information content (AvgIpc) is 2.72. The quantitative estimate of drug-likeness (QED) is 0.715. The summed E-state index contributed by atoms with van der Waals surface area (Å²) in [6.07, 6.45) is 12.6. The first kappa shape index (κ1) is 9.50. The van der Waals surface area contributed by atoms with E-state index in [1.807, 2.05) is 6.08 Å². The molecule has 1 saturated carbocycles. The van der Waals surface area contributed by atoms with Crippen molar-refractivity contribution in [3.63, 3.8) is 0 Å². The first-order valence-electron chi connectivity index (χ1n) is 5.42. The summed E-state index contributed by atoms with van der Waals surface area (Å²) in [4.78, 5) is 11.6. The maximum atomic E-state index is 11.6. The summed E-state index contributed by atoms with van der Waals surface area (Å²) in [6.45, 7) is 0. The zero-order valence-corrected chi connectivity index (χ0v) is 8.46. The number of amides is 1. The van der Waals surface area contributed by atoms with Crippen LogP contribution in [0.1, 0.15) is 38.5 Å². The van der Waals surface area contributed by atoms with E-state index < -0.39 is 0 Å². The molecule has 0 aromatic heterocycles. The van der Waals surface area contributed by atoms with E-state index in [2.05, 4.69) is 12.2 Å². The van der Waals surface area contributed by atoms with E-state index in [1.54, 1.807) is 0 Å². The Morgan fingerprint density at radius 3 is 2.50 bits per heavy atom. The summed E-state index contributed by atoms with van der Waals surface area (Å²) >= 11 is 0. The maximum Gasteiger partial charge on any atom is 0.227 e. The molecule has 0 bridgehead atoms. The molecular weight excluding hydrogens is 174 g/mol. The van der Waals surface area contributed by atoms with Crippen molar-refractivity contribution in [1.29, 1.82) is 0 Å². The van der Waals surface area contributed by atoms with Gasteiger partial charge in [-0.15, -0.1) is 0 Å². The van der Waals surface area contributed by atoms with Crippen LogP contribution in [-0.2, 0) is 4.79 Å². The van der Waals surface area contributed by atoms with Gasteiger partial charge in [0.15, 0.2) is 0 Å². The van der Waals surface area contributed by atoms with Crippen LogP contribution in [0.25, 0.3) is 0 Å². The fraction of sp³-hybridized carbons (Fsp3) is 0.583. The molecule has 2 N–H and O–H groups in total. The first-order valence-corrected chi connectivity index (χ1v) is 5.42. The Kier molecular flexibility index (Phi) is 2.44. The van der Waals surface area contributed by atoms with Gasteiger partial charge in [-0.2, -0.15) is 0 Å². The highest BCUT2D eigenvalue weighted by Crippen LogP contribution is 2.44. The van der Waals surface area contributed by atoms with Crippen LogP contribution in [0.5, 0.6) is 0 Å². The molecule has 0 spiro atoms. The van der Waals surface area contributed by atoms with Crippen molar-refractivity contribution in [3.8, 4) is 0 Å². The van der Waals surface area contributed by atoms with E-state index in [0.717, 1.165) is 32.1 Å². The molecule has 1 fully saturated rings. The summed E-state index contributed by atoms with van der Waals surface area (Å²) < 4.78 is 0. The third-order valence-corrected chi connectivity index (χ3v) is 3.56. The molecule has 2 rings (SSSR count). The summed E-state index contributed by atoms with van der Waals surface area (Å²) in [7, 11) is 0. The fourth-order valence-corrected chi connectivity index (χ4v) is 2.68. The van der Waals surface area contributed by atoms with Gasteiger partial charge < -0.3 is 5.73 Å². The van der Waals surface area contributed by atoms with Crippen LogP contribution in [0, 0.1) is 5.41 Å². The van der Waals surface area contributed by atoms with Gasteiger partial charge in [0, 0.05) is 0 Å². The zero-order valence-electron chi connectivity index (χ0n) is 8.46. The van der Waals surface area contributed by atoms with Gasteiger partial charge in [0.2, 0.25) is 5.91 Å². The van der Waals surface area contributed by atoms with E-state index in [0.29, 0.717) is 0 Å². The van der Waals surface area contributed by atoms with Gasteiger partial charge >= 0.3 is 0 Å². The molecule has 2 aliphatic rings. The van der Waals surface area contributed by atoms with Crippen molar-refractivity contribution in [1.82, 2.24) is 0 Å². The number of primary amides is 1. The van der Waals surface area contributed by atoms with Gasteiger partial charge in [-0.05, 0) is 19.3 Å². The molecule has 0 radical (unpaired) electrons. The molecule has 0 aromatic rings. The molecule has 2 heteroatoms. The lowest BCUT2D eigenvalue weighted by molar-refractivity contribution is -0.127. The van der Waals surface area contributed by atoms with Crippen LogP contribution in [0.3, 0.4) is 0 Å². The summed E-state index contributed by atoms with van der Waals surface area (Å²) in [6, 6.07) is 0. The van der Waals surface area contributed by atoms with E-state index >= 15 is 0 Å². The minimum absolute atomic E-state index is 0.118. The maximum absolute atomic E-state index is 11.6. The average molecular weight is 191 g/mol. The van der Waals surface area contributed by atoms with Crippen LogP contribution < -0.4 is 5.73 Å². The highest BCUT2D eigenvalue weighted by molar-refractivity contribution is 5.84. The van der Waals surface area contributed by atoms with Gasteiger partial charge in [0.05, 0.1) is 5.41 Å². The molecule has 0 atom stereocenters. The number of hydrogen-bond acceptors (Lipinski definition) is 1. The monoisotopic (exact) mass is 191 g/mol. The third-order valence-electron chi connectivity index (χ3n) is 3.56. The van der Waals surface area contributed by atoms with Gasteiger partial charge in [-0.25, -0.2) is 0 Å². The largest absolute Gasteiger partial charge is 0.369 e. The molecule has 0 heterocycles. The second-order valence-corrected chi connectivity index (χ2v) is 4.33. The molecule has 2 nitrogen and oxygen atoms in total. The zero-order chi connectivity index (χ0) is 10.0. The smallest absolute Gasteiger partial charge is 0.227 e. The van der Waals surface area contributed by atoms with E-state index in [-0.39, 0.29) is 11.3 Å². The van der Waals surface area contributed by atoms with Crippen molar-refractivity contribution in [3.05, 3.63) is 23.8 Å². The van der Waals surface area contributed by atoms with Crippen LogP contribution >= 0.6 is 0 Å². The van der Waals surface area contributed by atoms with Crippen molar-refractivity contribution < 1.29 is 4.79 Å². The minimum Gasteiger partial charge on any atom is -0.369 e. The SMILES string of the molecule is NC(=O)C1(C2=CC=CC2)CCCCC1. The van der Waals surface area contributed by atoms with Crippen LogP contribution in [-0.4, -0.2) is 5.91 Å². The Labute approximate surface area is 84.9 Å². The van der Waals surface area contributed by atoms with Crippen molar-refractivity contribution >= 4 is 5.91 Å². The van der Waals surface area contributed by atoms with Gasteiger partial charge in [-0.1, -0.05) is 43.1 Å². The van der Waals surface area contributed by atoms with Crippen molar-refractivity contribution in [2.24, 2.45) is 11.1 Å². The lowest BCUT2D eigenvalue weighted by atomic mass is 9.68. The minimum atomic E-state index is -0.304. The lowest BCUT2D eigenvalue weighted by Crippen LogP contribution is -2.40. The van der Waals surface area contributed by atoms with E-state index in [1.165, 1.54) is 12.0 Å². The Balaban J connectivity index is 2.25. The number of carbonyl (C=O) groups excluding carboxylic acids is 1. The second kappa shape index (κ2) is 3.60. The summed E-state index contributed by atoms with van der Waals surface area (Å²) in [5, 5.41) is 0. The molecule has 1 amide bonds. The normalized spacial score (nSPS) is 24.7. The number of nitrogens with two attached hydrogens (primary N) is 1. The number of allylic oxidation sites excluding steroid dienone is 3.